The molecule has 0 aliphatic rings. The number of methoxy groups -OCH3 is 1. The molecule has 1 aromatic heterocycles. The number of esters is 1. The first-order chi connectivity index (χ1) is 12.0. The molecule has 2 N–H and O–H groups in total. The van der Waals surface area contributed by atoms with E-state index in [9.17, 15) is 19.8 Å². The fraction of sp³-hybridized carbons (Fsp3) is 0.111. The molecule has 3 aromatic rings. The minimum absolute atomic E-state index is 0.00371. The molecule has 1 heterocycles. The lowest BCUT2D eigenvalue weighted by molar-refractivity contribution is -0.142. The zero-order valence-corrected chi connectivity index (χ0v) is 13.2. The number of aromatic hydroxyl groups is 2. The van der Waals surface area contributed by atoms with Gasteiger partial charge in [0, 0.05) is 12.1 Å². The van der Waals surface area contributed by atoms with Crippen LogP contribution >= 0.6 is 0 Å². The van der Waals surface area contributed by atoms with Gasteiger partial charge in [0.1, 0.15) is 34.5 Å². The van der Waals surface area contributed by atoms with E-state index in [0.717, 1.165) is 0 Å². The average molecular weight is 342 g/mol. The van der Waals surface area contributed by atoms with Gasteiger partial charge in [-0.1, -0.05) is 12.1 Å². The van der Waals surface area contributed by atoms with E-state index >= 15 is 0 Å². The number of ether oxygens (including phenoxy) is 2. The molecule has 0 spiro atoms. The van der Waals surface area contributed by atoms with Crippen molar-refractivity contribution >= 4 is 16.9 Å². The number of carbonyl (C=O) groups excluding carboxylic acids is 1. The Bertz CT molecular complexity index is 987. The summed E-state index contributed by atoms with van der Waals surface area (Å²) in [5, 5.41) is 19.5. The van der Waals surface area contributed by atoms with E-state index < -0.39 is 11.4 Å². The summed E-state index contributed by atoms with van der Waals surface area (Å²) in [6, 6.07) is 8.66. The Hall–Kier alpha value is -3.48. The second kappa shape index (κ2) is 6.56. The number of phenols is 2. The number of hydrogen-bond donors (Lipinski definition) is 2. The van der Waals surface area contributed by atoms with Gasteiger partial charge in [-0.3, -0.25) is 4.79 Å². The van der Waals surface area contributed by atoms with Crippen molar-refractivity contribution in [2.24, 2.45) is 0 Å². The maximum absolute atomic E-state index is 12.7. The number of fused-ring (bicyclic) bond motifs is 1. The first-order valence-electron chi connectivity index (χ1n) is 7.27. The van der Waals surface area contributed by atoms with Crippen LogP contribution in [0.1, 0.15) is 0 Å². The average Bonchev–Trinajstić information content (AvgIpc) is 2.60. The third kappa shape index (κ3) is 3.25. The highest BCUT2D eigenvalue weighted by Gasteiger charge is 2.15. The lowest BCUT2D eigenvalue weighted by Crippen LogP contribution is -2.12. The van der Waals surface area contributed by atoms with Gasteiger partial charge in [-0.2, -0.15) is 0 Å². The zero-order chi connectivity index (χ0) is 18.0. The van der Waals surface area contributed by atoms with Crippen LogP contribution in [0.15, 0.2) is 51.9 Å². The lowest BCUT2D eigenvalue weighted by Gasteiger charge is -2.08. The standard InChI is InChI=1S/C18H14O7/c1-23-16(21)9-24-12-6-14(20)17-15(7-12)25-8-13(18(17)22)10-2-4-11(19)5-3-10/h2-8,19-20H,9H2,1H3. The largest absolute Gasteiger partial charge is 0.508 e. The molecular formula is C18H14O7. The molecule has 25 heavy (non-hydrogen) atoms. The minimum Gasteiger partial charge on any atom is -0.508 e. The van der Waals surface area contributed by atoms with Crippen molar-refractivity contribution < 1.29 is 28.9 Å². The molecule has 3 rings (SSSR count). The van der Waals surface area contributed by atoms with Gasteiger partial charge in [0.2, 0.25) is 5.43 Å². The fourth-order valence-electron chi connectivity index (χ4n) is 2.33. The Balaban J connectivity index is 2.04. The van der Waals surface area contributed by atoms with Gasteiger partial charge in [0.25, 0.3) is 0 Å². The molecule has 7 nitrogen and oxygen atoms in total. The van der Waals surface area contributed by atoms with Crippen molar-refractivity contribution in [1.29, 1.82) is 0 Å². The first kappa shape index (κ1) is 16.4. The summed E-state index contributed by atoms with van der Waals surface area (Å²) >= 11 is 0. The van der Waals surface area contributed by atoms with Crippen molar-refractivity contribution in [3.8, 4) is 28.4 Å². The second-order valence-corrected chi connectivity index (χ2v) is 5.21. The number of rotatable bonds is 4. The van der Waals surface area contributed by atoms with Crippen LogP contribution in [0.4, 0.5) is 0 Å². The number of phenolic OH excluding ortho intramolecular Hbond substituents is 2. The molecular weight excluding hydrogens is 328 g/mol. The van der Waals surface area contributed by atoms with Gasteiger partial charge < -0.3 is 24.1 Å². The molecule has 0 fully saturated rings. The Morgan fingerprint density at radius 2 is 1.88 bits per heavy atom. The van der Waals surface area contributed by atoms with Crippen LogP contribution in [0, 0.1) is 0 Å². The Labute approximate surface area is 141 Å². The van der Waals surface area contributed by atoms with Gasteiger partial charge >= 0.3 is 5.97 Å². The van der Waals surface area contributed by atoms with Crippen LogP contribution in [-0.2, 0) is 9.53 Å². The second-order valence-electron chi connectivity index (χ2n) is 5.21. The predicted molar refractivity (Wildman–Crippen MR) is 88.8 cm³/mol. The van der Waals surface area contributed by atoms with Gasteiger partial charge in [0.15, 0.2) is 6.61 Å². The molecule has 2 aromatic carbocycles. The van der Waals surface area contributed by atoms with E-state index in [1.807, 2.05) is 0 Å². The highest BCUT2D eigenvalue weighted by atomic mass is 16.6. The van der Waals surface area contributed by atoms with E-state index in [1.54, 1.807) is 12.1 Å². The molecule has 0 bridgehead atoms. The third-order valence-corrected chi connectivity index (χ3v) is 3.59. The smallest absolute Gasteiger partial charge is 0.343 e. The number of benzene rings is 2. The Kier molecular flexibility index (Phi) is 4.30. The van der Waals surface area contributed by atoms with Gasteiger partial charge in [-0.05, 0) is 17.7 Å². The highest BCUT2D eigenvalue weighted by Crippen LogP contribution is 2.30. The van der Waals surface area contributed by atoms with Crippen molar-refractivity contribution in [3.05, 3.63) is 52.9 Å². The topological polar surface area (TPSA) is 106 Å². The van der Waals surface area contributed by atoms with Crippen LogP contribution in [0.5, 0.6) is 17.2 Å². The molecule has 0 amide bonds. The van der Waals surface area contributed by atoms with Crippen LogP contribution < -0.4 is 10.2 Å². The summed E-state index contributed by atoms with van der Waals surface area (Å²) in [5.41, 5.74) is 0.473. The molecule has 0 atom stereocenters. The number of hydrogen-bond acceptors (Lipinski definition) is 7. The molecule has 7 heteroatoms. The molecule has 0 saturated carbocycles. The molecule has 0 unspecified atom stereocenters. The summed E-state index contributed by atoms with van der Waals surface area (Å²) in [7, 11) is 1.23. The van der Waals surface area contributed by atoms with E-state index in [2.05, 4.69) is 4.74 Å². The van der Waals surface area contributed by atoms with E-state index in [1.165, 1.54) is 37.6 Å². The highest BCUT2D eigenvalue weighted by molar-refractivity contribution is 5.88. The normalized spacial score (nSPS) is 10.6. The maximum atomic E-state index is 12.7. The first-order valence-corrected chi connectivity index (χ1v) is 7.27. The summed E-state index contributed by atoms with van der Waals surface area (Å²) in [4.78, 5) is 23.8. The Morgan fingerprint density at radius 3 is 2.56 bits per heavy atom. The van der Waals surface area contributed by atoms with Crippen LogP contribution in [0.25, 0.3) is 22.1 Å². The summed E-state index contributed by atoms with van der Waals surface area (Å²) in [6.45, 7) is -0.336. The van der Waals surface area contributed by atoms with Crippen LogP contribution in [0.3, 0.4) is 0 Å². The van der Waals surface area contributed by atoms with Crippen molar-refractivity contribution in [3.63, 3.8) is 0 Å². The Morgan fingerprint density at radius 1 is 1.16 bits per heavy atom. The number of carbonyl (C=O) groups is 1. The monoisotopic (exact) mass is 342 g/mol. The van der Waals surface area contributed by atoms with Gasteiger partial charge in [-0.25, -0.2) is 4.79 Å². The minimum atomic E-state index is -0.580. The van der Waals surface area contributed by atoms with Crippen molar-refractivity contribution in [2.45, 2.75) is 0 Å². The van der Waals surface area contributed by atoms with Gasteiger partial charge in [0.05, 0.1) is 12.7 Å². The molecule has 0 aliphatic heterocycles. The molecule has 128 valence electrons. The predicted octanol–water partition coefficient (Wildman–Crippen LogP) is 2.42. The maximum Gasteiger partial charge on any atom is 0.343 e. The van der Waals surface area contributed by atoms with E-state index in [4.69, 9.17) is 9.15 Å². The third-order valence-electron chi connectivity index (χ3n) is 3.59. The summed E-state index contributed by atoms with van der Waals surface area (Å²) < 4.78 is 15.1. The van der Waals surface area contributed by atoms with Crippen molar-refractivity contribution in [2.75, 3.05) is 13.7 Å². The SMILES string of the molecule is COC(=O)COc1cc(O)c2c(=O)c(-c3ccc(O)cc3)coc2c1. The van der Waals surface area contributed by atoms with Crippen LogP contribution in [-0.4, -0.2) is 29.9 Å². The van der Waals surface area contributed by atoms with Gasteiger partial charge in [-0.15, -0.1) is 0 Å². The van der Waals surface area contributed by atoms with E-state index in [-0.39, 0.29) is 40.4 Å². The van der Waals surface area contributed by atoms with Crippen molar-refractivity contribution in [1.82, 2.24) is 0 Å². The zero-order valence-electron chi connectivity index (χ0n) is 13.2. The summed E-state index contributed by atoms with van der Waals surface area (Å²) in [6.07, 6.45) is 1.26. The molecule has 0 saturated heterocycles. The van der Waals surface area contributed by atoms with E-state index in [0.29, 0.717) is 5.56 Å². The fourth-order valence-corrected chi connectivity index (χ4v) is 2.33. The van der Waals surface area contributed by atoms with Crippen LogP contribution in [0.2, 0.25) is 0 Å². The molecule has 0 radical (unpaired) electrons. The quantitative estimate of drug-likeness (QED) is 0.701. The summed E-state index contributed by atoms with van der Waals surface area (Å²) in [5.74, 6) is -0.671. The molecule has 0 aliphatic carbocycles. The lowest BCUT2D eigenvalue weighted by atomic mass is 10.0.